The second kappa shape index (κ2) is 7.05. The van der Waals surface area contributed by atoms with Crippen LogP contribution in [0, 0.1) is 0 Å². The van der Waals surface area contributed by atoms with Gasteiger partial charge in [-0.3, -0.25) is 0 Å². The van der Waals surface area contributed by atoms with Crippen LogP contribution in [0.15, 0.2) is 48.5 Å². The van der Waals surface area contributed by atoms with Crippen molar-refractivity contribution in [2.24, 2.45) is 0 Å². The molecular formula is C18H20N2O3. The van der Waals surface area contributed by atoms with E-state index in [2.05, 4.69) is 5.32 Å². The van der Waals surface area contributed by atoms with Gasteiger partial charge in [-0.15, -0.1) is 0 Å². The molecule has 3 rings (SSSR count). The number of ether oxygens (including phenoxy) is 2. The first kappa shape index (κ1) is 15.2. The van der Waals surface area contributed by atoms with Gasteiger partial charge in [0.25, 0.3) is 0 Å². The molecule has 23 heavy (non-hydrogen) atoms. The van der Waals surface area contributed by atoms with Gasteiger partial charge in [-0.05, 0) is 30.2 Å². The number of nitrogens with one attached hydrogen (secondary N) is 1. The van der Waals surface area contributed by atoms with E-state index < -0.39 is 0 Å². The number of fused-ring (bicyclic) bond motifs is 1. The van der Waals surface area contributed by atoms with E-state index in [-0.39, 0.29) is 12.8 Å². The number of carbonyl (C=O) groups excluding carboxylic acids is 1. The Labute approximate surface area is 135 Å². The SMILES string of the molecule is CCN(Cc1ccccc1)C(=O)NCc1ccc2c(c1)OCO2. The summed E-state index contributed by atoms with van der Waals surface area (Å²) in [7, 11) is 0. The fourth-order valence-electron chi connectivity index (χ4n) is 2.47. The maximum atomic E-state index is 12.3. The molecule has 0 saturated carbocycles. The first-order valence-corrected chi connectivity index (χ1v) is 7.71. The smallest absolute Gasteiger partial charge is 0.317 e. The summed E-state index contributed by atoms with van der Waals surface area (Å²) in [5.74, 6) is 1.48. The van der Waals surface area contributed by atoms with Crippen molar-refractivity contribution in [1.82, 2.24) is 10.2 Å². The predicted molar refractivity (Wildman–Crippen MR) is 87.3 cm³/mol. The predicted octanol–water partition coefficient (Wildman–Crippen LogP) is 3.15. The molecule has 1 heterocycles. The van der Waals surface area contributed by atoms with Crippen LogP contribution in [0.3, 0.4) is 0 Å². The van der Waals surface area contributed by atoms with E-state index in [9.17, 15) is 4.79 Å². The highest BCUT2D eigenvalue weighted by Gasteiger charge is 2.15. The van der Waals surface area contributed by atoms with Crippen molar-refractivity contribution in [3.05, 3.63) is 59.7 Å². The number of amides is 2. The second-order valence-electron chi connectivity index (χ2n) is 5.35. The van der Waals surface area contributed by atoms with Gasteiger partial charge in [-0.1, -0.05) is 36.4 Å². The lowest BCUT2D eigenvalue weighted by atomic mass is 10.2. The van der Waals surface area contributed by atoms with Crippen LogP contribution < -0.4 is 14.8 Å². The molecule has 0 aliphatic carbocycles. The Balaban J connectivity index is 1.57. The lowest BCUT2D eigenvalue weighted by Gasteiger charge is -2.21. The van der Waals surface area contributed by atoms with Crippen LogP contribution in [0.5, 0.6) is 11.5 Å². The van der Waals surface area contributed by atoms with E-state index >= 15 is 0 Å². The fraction of sp³-hybridized carbons (Fsp3) is 0.278. The van der Waals surface area contributed by atoms with Gasteiger partial charge in [0.15, 0.2) is 11.5 Å². The number of nitrogens with zero attached hydrogens (tertiary/aromatic N) is 1. The summed E-state index contributed by atoms with van der Waals surface area (Å²) >= 11 is 0. The third-order valence-electron chi connectivity index (χ3n) is 3.77. The van der Waals surface area contributed by atoms with Crippen molar-refractivity contribution >= 4 is 6.03 Å². The molecule has 5 heteroatoms. The summed E-state index contributed by atoms with van der Waals surface area (Å²) < 4.78 is 10.6. The molecule has 2 amide bonds. The molecule has 1 aliphatic rings. The Hall–Kier alpha value is -2.69. The molecule has 5 nitrogen and oxygen atoms in total. The van der Waals surface area contributed by atoms with E-state index in [0.717, 1.165) is 22.6 Å². The molecule has 0 bridgehead atoms. The topological polar surface area (TPSA) is 50.8 Å². The third kappa shape index (κ3) is 3.74. The van der Waals surface area contributed by atoms with Gasteiger partial charge in [0, 0.05) is 19.6 Å². The summed E-state index contributed by atoms with van der Waals surface area (Å²) in [6, 6.07) is 15.6. The van der Waals surface area contributed by atoms with Crippen LogP contribution in [-0.4, -0.2) is 24.3 Å². The second-order valence-corrected chi connectivity index (χ2v) is 5.35. The molecule has 0 radical (unpaired) electrons. The summed E-state index contributed by atoms with van der Waals surface area (Å²) in [4.78, 5) is 14.1. The van der Waals surface area contributed by atoms with Crippen molar-refractivity contribution < 1.29 is 14.3 Å². The van der Waals surface area contributed by atoms with Crippen molar-refractivity contribution in [3.63, 3.8) is 0 Å². The normalized spacial score (nSPS) is 12.0. The minimum absolute atomic E-state index is 0.0750. The molecule has 1 N–H and O–H groups in total. The van der Waals surface area contributed by atoms with Crippen LogP contribution in [0.1, 0.15) is 18.1 Å². The maximum Gasteiger partial charge on any atom is 0.317 e. The first-order valence-electron chi connectivity index (χ1n) is 7.71. The van der Waals surface area contributed by atoms with Crippen molar-refractivity contribution in [1.29, 1.82) is 0 Å². The average molecular weight is 312 g/mol. The van der Waals surface area contributed by atoms with Crippen LogP contribution in [0.2, 0.25) is 0 Å². The number of benzene rings is 2. The lowest BCUT2D eigenvalue weighted by molar-refractivity contribution is 0.174. The van der Waals surface area contributed by atoms with Gasteiger partial charge in [0.1, 0.15) is 0 Å². The Morgan fingerprint density at radius 2 is 1.87 bits per heavy atom. The van der Waals surface area contributed by atoms with E-state index in [1.165, 1.54) is 0 Å². The number of hydrogen-bond acceptors (Lipinski definition) is 3. The van der Waals surface area contributed by atoms with Crippen molar-refractivity contribution in [2.75, 3.05) is 13.3 Å². The van der Waals surface area contributed by atoms with Crippen molar-refractivity contribution in [2.45, 2.75) is 20.0 Å². The van der Waals surface area contributed by atoms with Gasteiger partial charge >= 0.3 is 6.03 Å². The largest absolute Gasteiger partial charge is 0.454 e. The first-order chi connectivity index (χ1) is 11.3. The molecule has 0 spiro atoms. The highest BCUT2D eigenvalue weighted by atomic mass is 16.7. The summed E-state index contributed by atoms with van der Waals surface area (Å²) in [6.07, 6.45) is 0. The Kier molecular flexibility index (Phi) is 4.66. The Morgan fingerprint density at radius 1 is 1.09 bits per heavy atom. The molecule has 0 fully saturated rings. The number of urea groups is 1. The summed E-state index contributed by atoms with van der Waals surface area (Å²) in [5, 5.41) is 2.95. The molecule has 0 atom stereocenters. The zero-order valence-corrected chi connectivity index (χ0v) is 13.1. The molecule has 0 saturated heterocycles. The Morgan fingerprint density at radius 3 is 2.65 bits per heavy atom. The van der Waals surface area contributed by atoms with E-state index in [1.807, 2.05) is 55.5 Å². The van der Waals surface area contributed by atoms with E-state index in [0.29, 0.717) is 19.6 Å². The highest BCUT2D eigenvalue weighted by Crippen LogP contribution is 2.32. The van der Waals surface area contributed by atoms with Crippen LogP contribution in [-0.2, 0) is 13.1 Å². The van der Waals surface area contributed by atoms with Gasteiger partial charge in [-0.25, -0.2) is 4.79 Å². The van der Waals surface area contributed by atoms with Gasteiger partial charge < -0.3 is 19.7 Å². The van der Waals surface area contributed by atoms with Gasteiger partial charge in [0.2, 0.25) is 6.79 Å². The Bertz CT molecular complexity index is 673. The average Bonchev–Trinajstić information content (AvgIpc) is 3.06. The van der Waals surface area contributed by atoms with Gasteiger partial charge in [0.05, 0.1) is 0 Å². The summed E-state index contributed by atoms with van der Waals surface area (Å²) in [6.45, 7) is 3.95. The molecular weight excluding hydrogens is 292 g/mol. The molecule has 1 aliphatic heterocycles. The maximum absolute atomic E-state index is 12.3. The highest BCUT2D eigenvalue weighted by molar-refractivity contribution is 5.74. The van der Waals surface area contributed by atoms with Gasteiger partial charge in [-0.2, -0.15) is 0 Å². The van der Waals surface area contributed by atoms with E-state index in [4.69, 9.17) is 9.47 Å². The van der Waals surface area contributed by atoms with Crippen molar-refractivity contribution in [3.8, 4) is 11.5 Å². The minimum atomic E-state index is -0.0750. The molecule has 0 aromatic heterocycles. The zero-order valence-electron chi connectivity index (χ0n) is 13.1. The van der Waals surface area contributed by atoms with Crippen LogP contribution in [0.4, 0.5) is 4.79 Å². The number of carbonyl (C=O) groups is 1. The lowest BCUT2D eigenvalue weighted by Crippen LogP contribution is -2.39. The minimum Gasteiger partial charge on any atom is -0.454 e. The molecule has 2 aromatic carbocycles. The standard InChI is InChI=1S/C18H20N2O3/c1-2-20(12-14-6-4-3-5-7-14)18(21)19-11-15-8-9-16-17(10-15)23-13-22-16/h3-10H,2,11-13H2,1H3,(H,19,21). The molecule has 2 aromatic rings. The summed E-state index contributed by atoms with van der Waals surface area (Å²) in [5.41, 5.74) is 2.10. The number of rotatable bonds is 5. The molecule has 120 valence electrons. The zero-order chi connectivity index (χ0) is 16.1. The van der Waals surface area contributed by atoms with Crippen LogP contribution >= 0.6 is 0 Å². The van der Waals surface area contributed by atoms with Crippen LogP contribution in [0.25, 0.3) is 0 Å². The monoisotopic (exact) mass is 312 g/mol. The van der Waals surface area contributed by atoms with E-state index in [1.54, 1.807) is 4.90 Å². The number of hydrogen-bond donors (Lipinski definition) is 1. The fourth-order valence-corrected chi connectivity index (χ4v) is 2.47. The molecule has 0 unspecified atom stereocenters. The third-order valence-corrected chi connectivity index (χ3v) is 3.77. The quantitative estimate of drug-likeness (QED) is 0.922.